The molecule has 8 nitrogen and oxygen atoms in total. The van der Waals surface area contributed by atoms with Gasteiger partial charge in [0.25, 0.3) is 10.0 Å². The summed E-state index contributed by atoms with van der Waals surface area (Å²) < 4.78 is 27.7. The minimum absolute atomic E-state index is 0.0185. The SMILES string of the molecule is C=CC(=C)O.Cc1cc(N=Nc2ccc(S(=O)(=O)Nc3ccccn3)cc2)cc(Br)c1O. The van der Waals surface area contributed by atoms with Gasteiger partial charge in [-0.3, -0.25) is 4.72 Å². The van der Waals surface area contributed by atoms with Crippen LogP contribution in [0.1, 0.15) is 5.56 Å². The summed E-state index contributed by atoms with van der Waals surface area (Å²) in [5, 5.41) is 26.0. The topological polar surface area (TPSA) is 124 Å². The molecule has 10 heteroatoms. The number of benzene rings is 2. The monoisotopic (exact) mass is 516 g/mol. The largest absolute Gasteiger partial charge is 0.509 e. The zero-order valence-electron chi connectivity index (χ0n) is 17.1. The van der Waals surface area contributed by atoms with Crippen LogP contribution in [-0.4, -0.2) is 23.6 Å². The van der Waals surface area contributed by atoms with Gasteiger partial charge in [-0.1, -0.05) is 19.2 Å². The van der Waals surface area contributed by atoms with Crippen molar-refractivity contribution in [1.82, 2.24) is 4.98 Å². The van der Waals surface area contributed by atoms with Crippen LogP contribution in [0.15, 0.2) is 105 Å². The van der Waals surface area contributed by atoms with Gasteiger partial charge in [0.1, 0.15) is 17.3 Å². The average molecular weight is 517 g/mol. The molecule has 0 bridgehead atoms. The van der Waals surface area contributed by atoms with E-state index in [1.807, 2.05) is 0 Å². The molecule has 0 radical (unpaired) electrons. The van der Waals surface area contributed by atoms with Crippen molar-refractivity contribution in [2.24, 2.45) is 10.2 Å². The molecule has 0 saturated carbocycles. The van der Waals surface area contributed by atoms with Crippen LogP contribution in [0.2, 0.25) is 0 Å². The maximum atomic E-state index is 12.4. The Labute approximate surface area is 194 Å². The molecule has 0 amide bonds. The van der Waals surface area contributed by atoms with Gasteiger partial charge in [-0.15, -0.1) is 0 Å². The van der Waals surface area contributed by atoms with E-state index in [1.54, 1.807) is 49.4 Å². The molecule has 1 aromatic heterocycles. The van der Waals surface area contributed by atoms with Crippen molar-refractivity contribution < 1.29 is 18.6 Å². The van der Waals surface area contributed by atoms with Crippen LogP contribution >= 0.6 is 15.9 Å². The highest BCUT2D eigenvalue weighted by Gasteiger charge is 2.14. The molecule has 0 fully saturated rings. The van der Waals surface area contributed by atoms with E-state index in [-0.39, 0.29) is 22.2 Å². The summed E-state index contributed by atoms with van der Waals surface area (Å²) in [5.74, 6) is 0.420. The smallest absolute Gasteiger partial charge is 0.263 e. The number of phenols is 1. The lowest BCUT2D eigenvalue weighted by Gasteiger charge is -2.07. The van der Waals surface area contributed by atoms with Crippen LogP contribution in [-0.2, 0) is 10.0 Å². The molecular formula is C22H21BrN4O4S. The number of hydrogen-bond acceptors (Lipinski definition) is 7. The molecule has 3 aromatic rings. The Morgan fingerprint density at radius 1 is 1.12 bits per heavy atom. The van der Waals surface area contributed by atoms with Gasteiger partial charge in [0.15, 0.2) is 0 Å². The fraction of sp³-hybridized carbons (Fsp3) is 0.0455. The molecule has 3 rings (SSSR count). The molecule has 0 aliphatic rings. The number of rotatable bonds is 6. The summed E-state index contributed by atoms with van der Waals surface area (Å²) in [7, 11) is -3.73. The summed E-state index contributed by atoms with van der Waals surface area (Å²) in [6.45, 7) is 8.08. The van der Waals surface area contributed by atoms with E-state index >= 15 is 0 Å². The van der Waals surface area contributed by atoms with E-state index in [4.69, 9.17) is 5.11 Å². The summed E-state index contributed by atoms with van der Waals surface area (Å²) in [4.78, 5) is 4.04. The van der Waals surface area contributed by atoms with E-state index in [9.17, 15) is 13.5 Å². The van der Waals surface area contributed by atoms with Crippen LogP contribution in [0.5, 0.6) is 5.75 Å². The number of azo groups is 1. The van der Waals surface area contributed by atoms with Crippen molar-refractivity contribution in [3.63, 3.8) is 0 Å². The van der Waals surface area contributed by atoms with Gasteiger partial charge in [-0.05, 0) is 83.0 Å². The first-order chi connectivity index (χ1) is 15.1. The number of halogens is 1. The van der Waals surface area contributed by atoms with Crippen LogP contribution in [0.25, 0.3) is 0 Å². The molecule has 0 aliphatic heterocycles. The number of aliphatic hydroxyl groups is 1. The summed E-state index contributed by atoms with van der Waals surface area (Å²) >= 11 is 3.25. The molecule has 2 aromatic carbocycles. The number of aliphatic hydroxyl groups excluding tert-OH is 1. The second kappa shape index (κ2) is 11.2. The highest BCUT2D eigenvalue weighted by atomic mass is 79.9. The number of aromatic hydroxyl groups is 1. The molecule has 0 unspecified atom stereocenters. The number of hydrogen-bond donors (Lipinski definition) is 3. The number of anilines is 1. The van der Waals surface area contributed by atoms with Gasteiger partial charge in [0, 0.05) is 6.20 Å². The van der Waals surface area contributed by atoms with Crippen molar-refractivity contribution in [2.75, 3.05) is 4.72 Å². The first-order valence-electron chi connectivity index (χ1n) is 9.07. The average Bonchev–Trinajstić information content (AvgIpc) is 2.77. The predicted octanol–water partition coefficient (Wildman–Crippen LogP) is 6.32. The summed E-state index contributed by atoms with van der Waals surface area (Å²) in [6, 6.07) is 14.3. The molecule has 0 spiro atoms. The quantitative estimate of drug-likeness (QED) is 0.201. The van der Waals surface area contributed by atoms with E-state index in [1.165, 1.54) is 24.4 Å². The van der Waals surface area contributed by atoms with Crippen molar-refractivity contribution >= 4 is 43.1 Å². The molecular weight excluding hydrogens is 496 g/mol. The lowest BCUT2D eigenvalue weighted by Crippen LogP contribution is -2.13. The van der Waals surface area contributed by atoms with Crippen LogP contribution in [0, 0.1) is 6.92 Å². The van der Waals surface area contributed by atoms with Gasteiger partial charge < -0.3 is 10.2 Å². The van der Waals surface area contributed by atoms with E-state index in [2.05, 4.69) is 49.0 Å². The normalized spacial score (nSPS) is 10.8. The lowest BCUT2D eigenvalue weighted by atomic mass is 10.2. The first-order valence-corrected chi connectivity index (χ1v) is 11.3. The van der Waals surface area contributed by atoms with Gasteiger partial charge >= 0.3 is 0 Å². The number of aryl methyl sites for hydroxylation is 1. The van der Waals surface area contributed by atoms with Crippen molar-refractivity contribution in [3.8, 4) is 5.75 Å². The summed E-state index contributed by atoms with van der Waals surface area (Å²) in [5.41, 5.74) is 1.72. The Morgan fingerprint density at radius 3 is 2.28 bits per heavy atom. The molecule has 32 heavy (non-hydrogen) atoms. The fourth-order valence-corrected chi connectivity index (χ4v) is 3.76. The molecule has 1 heterocycles. The number of aromatic nitrogens is 1. The molecule has 0 saturated heterocycles. The Morgan fingerprint density at radius 2 is 1.75 bits per heavy atom. The maximum Gasteiger partial charge on any atom is 0.263 e. The van der Waals surface area contributed by atoms with Crippen LogP contribution in [0.3, 0.4) is 0 Å². The third-order valence-electron chi connectivity index (χ3n) is 3.81. The molecule has 3 N–H and O–H groups in total. The highest BCUT2D eigenvalue weighted by molar-refractivity contribution is 9.10. The number of sulfonamides is 1. The Bertz CT molecular complexity index is 1210. The third kappa shape index (κ3) is 7.33. The predicted molar refractivity (Wildman–Crippen MR) is 128 cm³/mol. The first kappa shape index (κ1) is 24.8. The zero-order chi connectivity index (χ0) is 23.7. The summed E-state index contributed by atoms with van der Waals surface area (Å²) in [6.07, 6.45) is 2.78. The fourth-order valence-electron chi connectivity index (χ4n) is 2.20. The number of nitrogens with zero attached hydrogens (tertiary/aromatic N) is 3. The second-order valence-electron chi connectivity index (χ2n) is 6.30. The zero-order valence-corrected chi connectivity index (χ0v) is 19.5. The number of pyridine rings is 1. The molecule has 166 valence electrons. The van der Waals surface area contributed by atoms with Crippen LogP contribution < -0.4 is 4.72 Å². The molecule has 0 atom stereocenters. The highest BCUT2D eigenvalue weighted by Crippen LogP contribution is 2.33. The minimum Gasteiger partial charge on any atom is -0.509 e. The lowest BCUT2D eigenvalue weighted by molar-refractivity contribution is 0.435. The molecule has 0 aliphatic carbocycles. The third-order valence-corrected chi connectivity index (χ3v) is 5.78. The minimum atomic E-state index is -3.73. The van der Waals surface area contributed by atoms with Gasteiger partial charge in [0.05, 0.1) is 20.7 Å². The van der Waals surface area contributed by atoms with Gasteiger partial charge in [-0.25, -0.2) is 13.4 Å². The van der Waals surface area contributed by atoms with E-state index in [0.29, 0.717) is 21.4 Å². The van der Waals surface area contributed by atoms with Crippen LogP contribution in [0.4, 0.5) is 17.2 Å². The second-order valence-corrected chi connectivity index (χ2v) is 8.84. The van der Waals surface area contributed by atoms with Gasteiger partial charge in [0.2, 0.25) is 0 Å². The number of nitrogens with one attached hydrogen (secondary N) is 1. The maximum absolute atomic E-state index is 12.4. The standard InChI is InChI=1S/C18H15BrN4O3S.C4H6O/c1-12-10-14(11-16(19)18(12)24)22-21-13-5-7-15(8-6-13)27(25,26)23-17-4-2-3-9-20-17;1-3-4(2)5/h2-11,24H,1H3,(H,20,23);3,5H,1-2H2. The van der Waals surface area contributed by atoms with Crippen molar-refractivity contribution in [2.45, 2.75) is 11.8 Å². The Balaban J connectivity index is 0.000000654. The van der Waals surface area contributed by atoms with Crippen molar-refractivity contribution in [1.29, 1.82) is 0 Å². The Kier molecular flexibility index (Phi) is 8.68. The Hall–Kier alpha value is -3.50. The van der Waals surface area contributed by atoms with Crippen molar-refractivity contribution in [3.05, 3.63) is 95.8 Å². The van der Waals surface area contributed by atoms with Gasteiger partial charge in [-0.2, -0.15) is 10.2 Å². The van der Waals surface area contributed by atoms with E-state index < -0.39 is 10.0 Å². The number of allylic oxidation sites excluding steroid dienone is 1. The number of phenolic OH excluding ortho intramolecular Hbond substituents is 1. The van der Waals surface area contributed by atoms with E-state index in [0.717, 1.165) is 0 Å².